The third-order valence-electron chi connectivity index (χ3n) is 4.75. The summed E-state index contributed by atoms with van der Waals surface area (Å²) in [6.45, 7) is 6.02. The highest BCUT2D eigenvalue weighted by Gasteiger charge is 2.31. The Morgan fingerprint density at radius 1 is 0.889 bits per heavy atom. The Labute approximate surface area is 205 Å². The van der Waals surface area contributed by atoms with Crippen LogP contribution in [0.15, 0.2) is 60.7 Å². The minimum absolute atomic E-state index is 0.0352. The molecule has 0 fully saturated rings. The summed E-state index contributed by atoms with van der Waals surface area (Å²) >= 11 is 0. The van der Waals surface area contributed by atoms with Crippen molar-refractivity contribution in [1.29, 1.82) is 0 Å². The number of pyridine rings is 1. The monoisotopic (exact) mass is 503 g/mol. The summed E-state index contributed by atoms with van der Waals surface area (Å²) in [5.74, 6) is -0.702. The van der Waals surface area contributed by atoms with E-state index in [1.165, 1.54) is 31.4 Å². The van der Waals surface area contributed by atoms with Gasteiger partial charge in [-0.2, -0.15) is 0 Å². The van der Waals surface area contributed by atoms with E-state index in [2.05, 4.69) is 20.4 Å². The van der Waals surface area contributed by atoms with Gasteiger partial charge in [-0.3, -0.25) is 0 Å². The lowest BCUT2D eigenvalue weighted by Gasteiger charge is -2.23. The van der Waals surface area contributed by atoms with Crippen LogP contribution >= 0.6 is 0 Å². The van der Waals surface area contributed by atoms with Gasteiger partial charge < -0.3 is 24.8 Å². The molecule has 2 N–H and O–H groups in total. The van der Waals surface area contributed by atoms with E-state index < -0.39 is 24.1 Å². The lowest BCUT2D eigenvalue weighted by molar-refractivity contribution is -0.274. The zero-order valence-electron chi connectivity index (χ0n) is 19.9. The van der Waals surface area contributed by atoms with E-state index in [9.17, 15) is 22.8 Å². The number of hydrogen-bond acceptors (Lipinski definition) is 6. The second-order valence-corrected chi connectivity index (χ2v) is 8.54. The van der Waals surface area contributed by atoms with Crippen LogP contribution in [-0.2, 0) is 10.2 Å². The van der Waals surface area contributed by atoms with E-state index in [0.717, 1.165) is 17.7 Å². The van der Waals surface area contributed by atoms with Crippen LogP contribution in [0.3, 0.4) is 0 Å². The number of alkyl halides is 3. The fraction of sp³-hybridized carbons (Fsp3) is 0.240. The number of para-hydroxylation sites is 1. The molecule has 0 saturated carbocycles. The number of hydrogen-bond donors (Lipinski definition) is 2. The molecule has 11 heteroatoms. The summed E-state index contributed by atoms with van der Waals surface area (Å²) in [6, 6.07) is 14.0. The highest BCUT2D eigenvalue weighted by Crippen LogP contribution is 2.36. The van der Waals surface area contributed by atoms with Crippen LogP contribution in [0, 0.1) is 0 Å². The van der Waals surface area contributed by atoms with Crippen LogP contribution in [0.4, 0.5) is 29.3 Å². The van der Waals surface area contributed by atoms with E-state index in [1.54, 1.807) is 12.1 Å². The summed E-state index contributed by atoms with van der Waals surface area (Å²) in [4.78, 5) is 28.8. The Balaban J connectivity index is 1.84. The third-order valence-corrected chi connectivity index (χ3v) is 4.75. The molecule has 2 amide bonds. The van der Waals surface area contributed by atoms with Gasteiger partial charge in [0.2, 0.25) is 5.88 Å². The number of nitrogens with zero attached hydrogens (tertiary/aromatic N) is 1. The quantitative estimate of drug-likeness (QED) is 0.373. The van der Waals surface area contributed by atoms with Crippen LogP contribution in [0.5, 0.6) is 17.4 Å². The lowest BCUT2D eigenvalue weighted by atomic mass is 9.86. The fourth-order valence-corrected chi connectivity index (χ4v) is 3.14. The number of halogens is 3. The molecule has 0 unspecified atom stereocenters. The summed E-state index contributed by atoms with van der Waals surface area (Å²) in [5.41, 5.74) is 0.908. The summed E-state index contributed by atoms with van der Waals surface area (Å²) in [5, 5.41) is 5.07. The van der Waals surface area contributed by atoms with Gasteiger partial charge in [0.25, 0.3) is 0 Å². The van der Waals surface area contributed by atoms with Crippen molar-refractivity contribution in [1.82, 2.24) is 4.98 Å². The molecule has 8 nitrogen and oxygen atoms in total. The van der Waals surface area contributed by atoms with Gasteiger partial charge >= 0.3 is 18.4 Å². The van der Waals surface area contributed by atoms with Gasteiger partial charge in [-0.15, -0.1) is 13.2 Å². The zero-order valence-corrected chi connectivity index (χ0v) is 19.9. The predicted octanol–water partition coefficient (Wildman–Crippen LogP) is 6.50. The number of carbonyl (C=O) groups excluding carboxylic acids is 2. The molecular weight excluding hydrogens is 479 g/mol. The molecule has 0 saturated heterocycles. The van der Waals surface area contributed by atoms with E-state index in [1.807, 2.05) is 32.9 Å². The maximum absolute atomic E-state index is 12.6. The van der Waals surface area contributed by atoms with Gasteiger partial charge in [-0.1, -0.05) is 39.0 Å². The number of urea groups is 1. The van der Waals surface area contributed by atoms with Crippen molar-refractivity contribution in [2.75, 3.05) is 17.7 Å². The average Bonchev–Trinajstić information content (AvgIpc) is 2.79. The number of anilines is 2. The molecular formula is C25H24F3N3O5. The number of amides is 2. The zero-order chi connectivity index (χ0) is 26.5. The molecule has 0 aliphatic carbocycles. The molecule has 0 aliphatic rings. The Bertz CT molecular complexity index is 1240. The van der Waals surface area contributed by atoms with Crippen molar-refractivity contribution in [3.05, 3.63) is 71.9 Å². The Hall–Kier alpha value is -4.28. The number of methoxy groups -OCH3 is 1. The van der Waals surface area contributed by atoms with Crippen LogP contribution < -0.4 is 20.1 Å². The maximum Gasteiger partial charge on any atom is 0.573 e. The number of ether oxygens (including phenoxy) is 3. The minimum atomic E-state index is -4.82. The van der Waals surface area contributed by atoms with Gasteiger partial charge in [0.1, 0.15) is 17.2 Å². The number of rotatable bonds is 6. The molecule has 1 heterocycles. The second-order valence-electron chi connectivity index (χ2n) is 8.54. The third kappa shape index (κ3) is 7.11. The second kappa shape index (κ2) is 10.5. The number of carbonyl (C=O) groups is 2. The van der Waals surface area contributed by atoms with E-state index in [0.29, 0.717) is 5.75 Å². The lowest BCUT2D eigenvalue weighted by Crippen LogP contribution is -2.21. The number of aromatic nitrogens is 1. The standard InChI is InChI=1S/C25H24F3N3O5/c1-24(2,3)17-7-5-6-8-20(17)35-21-18(13-14-19(30-21)22(32)34-4)31-23(33)29-15-9-11-16(12-10-15)36-25(26,27)28/h5-14H,1-4H3,(H2,29,31,33). The predicted molar refractivity (Wildman–Crippen MR) is 127 cm³/mol. The molecule has 3 aromatic rings. The van der Waals surface area contributed by atoms with Crippen molar-refractivity contribution in [3.8, 4) is 17.4 Å². The summed E-state index contributed by atoms with van der Waals surface area (Å²) < 4.78 is 51.6. The molecule has 1 aromatic heterocycles. The highest BCUT2D eigenvalue weighted by molar-refractivity contribution is 6.00. The number of nitrogens with one attached hydrogen (secondary N) is 2. The Morgan fingerprint density at radius 3 is 2.17 bits per heavy atom. The summed E-state index contributed by atoms with van der Waals surface area (Å²) in [6.07, 6.45) is -4.82. The molecule has 0 atom stereocenters. The van der Waals surface area contributed by atoms with Crippen LogP contribution in [-0.4, -0.2) is 30.5 Å². The first-order valence-electron chi connectivity index (χ1n) is 10.7. The number of benzene rings is 2. The molecule has 0 bridgehead atoms. The van der Waals surface area contributed by atoms with E-state index >= 15 is 0 Å². The van der Waals surface area contributed by atoms with Gasteiger partial charge in [0.15, 0.2) is 5.69 Å². The molecule has 0 aliphatic heterocycles. The van der Waals surface area contributed by atoms with Crippen LogP contribution in [0.2, 0.25) is 0 Å². The van der Waals surface area contributed by atoms with Gasteiger partial charge in [-0.25, -0.2) is 14.6 Å². The van der Waals surface area contributed by atoms with Crippen molar-refractivity contribution >= 4 is 23.4 Å². The van der Waals surface area contributed by atoms with Crippen LogP contribution in [0.1, 0.15) is 36.8 Å². The van der Waals surface area contributed by atoms with Crippen LogP contribution in [0.25, 0.3) is 0 Å². The first-order valence-corrected chi connectivity index (χ1v) is 10.7. The van der Waals surface area contributed by atoms with Gasteiger partial charge in [-0.05, 0) is 47.9 Å². The molecule has 190 valence electrons. The van der Waals surface area contributed by atoms with Crippen molar-refractivity contribution in [2.45, 2.75) is 32.5 Å². The molecule has 0 radical (unpaired) electrons. The minimum Gasteiger partial charge on any atom is -0.464 e. The van der Waals surface area contributed by atoms with E-state index in [-0.39, 0.29) is 28.4 Å². The Morgan fingerprint density at radius 2 is 1.56 bits per heavy atom. The highest BCUT2D eigenvalue weighted by atomic mass is 19.4. The normalized spacial score (nSPS) is 11.4. The van der Waals surface area contributed by atoms with Gasteiger partial charge in [0.05, 0.1) is 7.11 Å². The average molecular weight is 503 g/mol. The van der Waals surface area contributed by atoms with Gasteiger partial charge in [0, 0.05) is 11.3 Å². The maximum atomic E-state index is 12.6. The summed E-state index contributed by atoms with van der Waals surface area (Å²) in [7, 11) is 1.21. The number of esters is 1. The smallest absolute Gasteiger partial charge is 0.464 e. The fourth-order valence-electron chi connectivity index (χ4n) is 3.14. The molecule has 36 heavy (non-hydrogen) atoms. The van der Waals surface area contributed by atoms with Crippen molar-refractivity contribution in [3.63, 3.8) is 0 Å². The SMILES string of the molecule is COC(=O)c1ccc(NC(=O)Nc2ccc(OC(F)(F)F)cc2)c(Oc2ccccc2C(C)(C)C)n1. The first kappa shape index (κ1) is 26.3. The topological polar surface area (TPSA) is 98.8 Å². The first-order chi connectivity index (χ1) is 16.9. The molecule has 2 aromatic carbocycles. The Kier molecular flexibility index (Phi) is 7.71. The van der Waals surface area contributed by atoms with Crippen molar-refractivity contribution < 1.29 is 37.0 Å². The largest absolute Gasteiger partial charge is 0.573 e. The van der Waals surface area contributed by atoms with E-state index in [4.69, 9.17) is 9.47 Å². The molecule has 3 rings (SSSR count). The van der Waals surface area contributed by atoms with Crippen molar-refractivity contribution in [2.24, 2.45) is 0 Å². The molecule has 0 spiro atoms.